The topological polar surface area (TPSA) is 49.1 Å². The summed E-state index contributed by atoms with van der Waals surface area (Å²) in [6.07, 6.45) is 0. The van der Waals surface area contributed by atoms with Crippen molar-refractivity contribution >= 4 is 18.4 Å². The van der Waals surface area contributed by atoms with Gasteiger partial charge < -0.3 is 5.32 Å². The maximum absolute atomic E-state index is 4.31. The van der Waals surface area contributed by atoms with Gasteiger partial charge in [0.25, 0.3) is 0 Å². The van der Waals surface area contributed by atoms with Crippen molar-refractivity contribution in [1.29, 1.82) is 0 Å². The number of nitrogens with zero attached hydrogens (tertiary/aromatic N) is 3. The van der Waals surface area contributed by atoms with E-state index >= 15 is 0 Å². The van der Waals surface area contributed by atoms with Crippen LogP contribution in [0.4, 0.5) is 0 Å². The molecule has 0 spiro atoms. The first kappa shape index (κ1) is 9.73. The van der Waals surface area contributed by atoms with Gasteiger partial charge in [0.15, 0.2) is 11.7 Å². The number of hydrogen-bond acceptors (Lipinski definition) is 3. The van der Waals surface area contributed by atoms with Gasteiger partial charge >= 0.3 is 0 Å². The molecule has 1 N–H and O–H groups in total. The van der Waals surface area contributed by atoms with E-state index in [1.165, 1.54) is 0 Å². The van der Waals surface area contributed by atoms with Crippen molar-refractivity contribution in [1.82, 2.24) is 5.32 Å². The predicted molar refractivity (Wildman–Crippen MR) is 63.0 cm³/mol. The summed E-state index contributed by atoms with van der Waals surface area (Å²) >= 11 is 0. The van der Waals surface area contributed by atoms with Crippen LogP contribution in [0.25, 0.3) is 0 Å². The molecule has 1 aromatic carbocycles. The van der Waals surface area contributed by atoms with Crippen molar-refractivity contribution in [2.24, 2.45) is 15.0 Å². The molecule has 15 heavy (non-hydrogen) atoms. The largest absolute Gasteiger partial charge is 0.301 e. The van der Waals surface area contributed by atoms with E-state index < -0.39 is 0 Å². The van der Waals surface area contributed by atoms with Gasteiger partial charge in [0, 0.05) is 11.1 Å². The van der Waals surface area contributed by atoms with E-state index in [0.717, 1.165) is 17.0 Å². The third-order valence-corrected chi connectivity index (χ3v) is 2.16. The summed E-state index contributed by atoms with van der Waals surface area (Å²) in [5, 5.41) is 2.96. The monoisotopic (exact) mass is 200 g/mol. The lowest BCUT2D eigenvalue weighted by Gasteiger charge is -1.97. The molecule has 0 atom stereocenters. The molecule has 1 aliphatic rings. The van der Waals surface area contributed by atoms with Crippen LogP contribution in [0.1, 0.15) is 11.1 Å². The van der Waals surface area contributed by atoms with Crippen molar-refractivity contribution in [2.45, 2.75) is 0 Å². The van der Waals surface area contributed by atoms with Gasteiger partial charge in [-0.15, -0.1) is 0 Å². The zero-order valence-electron chi connectivity index (χ0n) is 8.57. The van der Waals surface area contributed by atoms with E-state index in [9.17, 15) is 0 Å². The number of nitrogens with one attached hydrogen (secondary N) is 1. The van der Waals surface area contributed by atoms with Crippen LogP contribution in [0.2, 0.25) is 0 Å². The first-order valence-electron chi connectivity index (χ1n) is 4.71. The first-order chi connectivity index (χ1) is 7.36. The minimum absolute atomic E-state index is 0.553. The maximum Gasteiger partial charge on any atom is 0.161 e. The number of aliphatic imine (C=N–C) groups is 3. The minimum atomic E-state index is 0.553. The van der Waals surface area contributed by atoms with Gasteiger partial charge in [0.1, 0.15) is 0 Å². The Morgan fingerprint density at radius 3 is 2.73 bits per heavy atom. The van der Waals surface area contributed by atoms with Gasteiger partial charge in [-0.05, 0) is 13.8 Å². The fourth-order valence-electron chi connectivity index (χ4n) is 1.49. The Bertz CT molecular complexity index is 446. The fraction of sp³-hybridized carbons (Fsp3) is 0.182. The van der Waals surface area contributed by atoms with Crippen molar-refractivity contribution < 1.29 is 0 Å². The number of benzene rings is 1. The minimum Gasteiger partial charge on any atom is -0.301 e. The van der Waals surface area contributed by atoms with Crippen LogP contribution in [0, 0.1) is 0 Å². The number of hydrogen-bond donors (Lipinski definition) is 1. The Morgan fingerprint density at radius 1 is 1.33 bits per heavy atom. The predicted octanol–water partition coefficient (Wildman–Crippen LogP) is 1.07. The Morgan fingerprint density at radius 2 is 2.07 bits per heavy atom. The molecule has 0 radical (unpaired) electrons. The summed E-state index contributed by atoms with van der Waals surface area (Å²) in [7, 11) is 1.85. The van der Waals surface area contributed by atoms with Crippen LogP contribution in [-0.2, 0) is 0 Å². The second-order valence-corrected chi connectivity index (χ2v) is 3.13. The zero-order chi connectivity index (χ0) is 10.7. The zero-order valence-corrected chi connectivity index (χ0v) is 8.57. The molecule has 0 amide bonds. The average molecular weight is 200 g/mol. The van der Waals surface area contributed by atoms with Gasteiger partial charge in [0.05, 0.1) is 6.67 Å². The van der Waals surface area contributed by atoms with E-state index in [1.807, 2.05) is 31.3 Å². The Labute approximate surface area is 88.5 Å². The molecule has 1 heterocycles. The van der Waals surface area contributed by atoms with E-state index in [-0.39, 0.29) is 0 Å². The quantitative estimate of drug-likeness (QED) is 0.713. The van der Waals surface area contributed by atoms with E-state index in [2.05, 4.69) is 27.0 Å². The van der Waals surface area contributed by atoms with Crippen LogP contribution in [-0.4, -0.2) is 32.1 Å². The highest BCUT2D eigenvalue weighted by molar-refractivity contribution is 6.23. The van der Waals surface area contributed by atoms with Gasteiger partial charge in [-0.25, -0.2) is 9.98 Å². The summed E-state index contributed by atoms with van der Waals surface area (Å²) < 4.78 is 0. The van der Waals surface area contributed by atoms with Gasteiger partial charge in [0.2, 0.25) is 0 Å². The van der Waals surface area contributed by atoms with E-state index in [0.29, 0.717) is 12.5 Å². The summed E-state index contributed by atoms with van der Waals surface area (Å²) in [4.78, 5) is 12.5. The highest BCUT2D eigenvalue weighted by Gasteiger charge is 2.19. The van der Waals surface area contributed by atoms with Gasteiger partial charge in [-0.1, -0.05) is 24.3 Å². The third-order valence-electron chi connectivity index (χ3n) is 2.16. The molecule has 0 fully saturated rings. The molecule has 1 aliphatic heterocycles. The molecule has 0 aromatic heterocycles. The molecule has 4 nitrogen and oxygen atoms in total. The maximum atomic E-state index is 4.31. The van der Waals surface area contributed by atoms with Crippen molar-refractivity contribution in [3.8, 4) is 0 Å². The van der Waals surface area contributed by atoms with Crippen molar-refractivity contribution in [3.05, 3.63) is 35.4 Å². The van der Waals surface area contributed by atoms with E-state index in [1.54, 1.807) is 0 Å². The number of rotatable bonds is 2. The number of amidine groups is 2. The molecular formula is C11H12N4. The fourth-order valence-corrected chi connectivity index (χ4v) is 1.49. The molecule has 4 heteroatoms. The Hall–Kier alpha value is -1.81. The van der Waals surface area contributed by atoms with Gasteiger partial charge in [-0.3, -0.25) is 4.99 Å². The lowest BCUT2D eigenvalue weighted by atomic mass is 10.1. The third kappa shape index (κ3) is 1.71. The average Bonchev–Trinajstić information content (AvgIpc) is 2.65. The van der Waals surface area contributed by atoms with Crippen LogP contribution in [0.5, 0.6) is 0 Å². The summed E-state index contributed by atoms with van der Waals surface area (Å²) in [6.45, 7) is 4.06. The van der Waals surface area contributed by atoms with E-state index in [4.69, 9.17) is 0 Å². The lowest BCUT2D eigenvalue weighted by Crippen LogP contribution is -2.07. The SMILES string of the molecule is C=NC1=N/C(=N\CNC)c2ccccc21. The Kier molecular flexibility index (Phi) is 2.69. The summed E-state index contributed by atoms with van der Waals surface area (Å²) in [5.41, 5.74) is 2.03. The Balaban J connectivity index is 2.46. The van der Waals surface area contributed by atoms with Crippen LogP contribution in [0.3, 0.4) is 0 Å². The van der Waals surface area contributed by atoms with Crippen LogP contribution < -0.4 is 5.32 Å². The van der Waals surface area contributed by atoms with Crippen LogP contribution in [0.15, 0.2) is 39.2 Å². The molecule has 0 aliphatic carbocycles. The number of fused-ring (bicyclic) bond motifs is 1. The normalized spacial score (nSPS) is 16.3. The summed E-state index contributed by atoms with van der Waals surface area (Å²) in [6, 6.07) is 7.89. The molecule has 76 valence electrons. The standard InChI is InChI=1S/C11H12N4/c1-12-7-14-11-9-6-4-3-5-8(9)10(13-2)15-11/h3-6,12H,2,7H2,1H3/b14-11-. The highest BCUT2D eigenvalue weighted by atomic mass is 15.1. The molecule has 0 saturated heterocycles. The molecule has 0 bridgehead atoms. The molecule has 0 saturated carbocycles. The highest BCUT2D eigenvalue weighted by Crippen LogP contribution is 2.19. The van der Waals surface area contributed by atoms with Crippen LogP contribution >= 0.6 is 0 Å². The van der Waals surface area contributed by atoms with Crippen molar-refractivity contribution in [2.75, 3.05) is 13.7 Å². The second-order valence-electron chi connectivity index (χ2n) is 3.13. The first-order valence-corrected chi connectivity index (χ1v) is 4.71. The lowest BCUT2D eigenvalue weighted by molar-refractivity contribution is 0.834. The molecule has 2 rings (SSSR count). The molecule has 0 unspecified atom stereocenters. The second kappa shape index (κ2) is 4.14. The molecule has 1 aromatic rings. The molecular weight excluding hydrogens is 188 g/mol. The van der Waals surface area contributed by atoms with Crippen molar-refractivity contribution in [3.63, 3.8) is 0 Å². The summed E-state index contributed by atoms with van der Waals surface area (Å²) in [5.74, 6) is 1.38. The smallest absolute Gasteiger partial charge is 0.161 e. The van der Waals surface area contributed by atoms with Gasteiger partial charge in [-0.2, -0.15) is 0 Å².